The molecule has 1 rings (SSSR count). The molecular weight excluding hydrogens is 252 g/mol. The van der Waals surface area contributed by atoms with Crippen LogP contribution in [0.15, 0.2) is 18.2 Å². The molecule has 0 saturated carbocycles. The Bertz CT molecular complexity index is 465. The third-order valence-corrected chi connectivity index (χ3v) is 3.21. The minimum atomic E-state index is -1.47. The lowest BCUT2D eigenvalue weighted by molar-refractivity contribution is 0.00304. The molecule has 0 spiro atoms. The molecule has 0 saturated heterocycles. The highest BCUT2D eigenvalue weighted by Gasteiger charge is 2.26. The molecule has 112 valence electrons. The van der Waals surface area contributed by atoms with Gasteiger partial charge in [-0.05, 0) is 34.6 Å². The number of aromatic hydroxyl groups is 1. The van der Waals surface area contributed by atoms with Gasteiger partial charge in [-0.15, -0.1) is 0 Å². The zero-order valence-electron chi connectivity index (χ0n) is 13.2. The average Bonchev–Trinajstić information content (AvgIpc) is 2.24. The molecule has 0 aliphatic heterocycles. The maximum absolute atomic E-state index is 10.5. The predicted molar refractivity (Wildman–Crippen MR) is 82.8 cm³/mol. The summed E-state index contributed by atoms with van der Waals surface area (Å²) in [6.07, 6.45) is 1.50. The van der Waals surface area contributed by atoms with Gasteiger partial charge in [0, 0.05) is 11.1 Å². The highest BCUT2D eigenvalue weighted by molar-refractivity contribution is 5.59. The number of benzene rings is 1. The van der Waals surface area contributed by atoms with Gasteiger partial charge in [0.05, 0.1) is 0 Å². The summed E-state index contributed by atoms with van der Waals surface area (Å²) in [5, 5.41) is 28.4. The number of hydrogen-bond acceptors (Lipinski definition) is 3. The van der Waals surface area contributed by atoms with Crippen LogP contribution in [-0.4, -0.2) is 21.6 Å². The Balaban J connectivity index is 3.50. The molecule has 0 aromatic heterocycles. The van der Waals surface area contributed by atoms with E-state index < -0.39 is 6.29 Å². The van der Waals surface area contributed by atoms with E-state index in [1.165, 1.54) is 6.08 Å². The van der Waals surface area contributed by atoms with Crippen LogP contribution in [0, 0.1) is 0 Å². The zero-order chi connectivity index (χ0) is 15.7. The lowest BCUT2D eigenvalue weighted by Gasteiger charge is -2.27. The summed E-state index contributed by atoms with van der Waals surface area (Å²) < 4.78 is 0. The van der Waals surface area contributed by atoms with Crippen molar-refractivity contribution in [2.75, 3.05) is 0 Å². The topological polar surface area (TPSA) is 60.7 Å². The van der Waals surface area contributed by atoms with Crippen molar-refractivity contribution in [1.82, 2.24) is 0 Å². The van der Waals surface area contributed by atoms with Gasteiger partial charge in [0.15, 0.2) is 6.29 Å². The van der Waals surface area contributed by atoms with Gasteiger partial charge in [0.2, 0.25) is 0 Å². The molecule has 3 N–H and O–H groups in total. The van der Waals surface area contributed by atoms with Crippen LogP contribution < -0.4 is 0 Å². The molecular formula is C17H26O3. The first-order chi connectivity index (χ1) is 8.93. The average molecular weight is 278 g/mol. The van der Waals surface area contributed by atoms with Gasteiger partial charge in [-0.3, -0.25) is 0 Å². The standard InChI is InChI=1S/C17H26O3/c1-16(2,3)12-9-11(7-8-14(18)19)10-13(15(12)20)17(4,5)6/h7-10,14,18-20H,1-6H3. The monoisotopic (exact) mass is 278 g/mol. The zero-order valence-corrected chi connectivity index (χ0v) is 13.2. The van der Waals surface area contributed by atoms with Crippen LogP contribution in [-0.2, 0) is 10.8 Å². The minimum Gasteiger partial charge on any atom is -0.507 e. The summed E-state index contributed by atoms with van der Waals surface area (Å²) in [6.45, 7) is 12.3. The van der Waals surface area contributed by atoms with Crippen LogP contribution in [0.25, 0.3) is 6.08 Å². The summed E-state index contributed by atoms with van der Waals surface area (Å²) in [4.78, 5) is 0. The van der Waals surface area contributed by atoms with Crippen LogP contribution in [0.5, 0.6) is 5.75 Å². The number of aliphatic hydroxyl groups is 2. The summed E-state index contributed by atoms with van der Waals surface area (Å²) in [7, 11) is 0. The van der Waals surface area contributed by atoms with Crippen molar-refractivity contribution in [2.24, 2.45) is 0 Å². The lowest BCUT2D eigenvalue weighted by atomic mass is 9.78. The van der Waals surface area contributed by atoms with E-state index in [9.17, 15) is 5.11 Å². The first-order valence-corrected chi connectivity index (χ1v) is 6.85. The largest absolute Gasteiger partial charge is 0.507 e. The van der Waals surface area contributed by atoms with E-state index in [4.69, 9.17) is 10.2 Å². The molecule has 20 heavy (non-hydrogen) atoms. The van der Waals surface area contributed by atoms with E-state index in [0.717, 1.165) is 16.7 Å². The van der Waals surface area contributed by atoms with Gasteiger partial charge in [-0.25, -0.2) is 0 Å². The molecule has 0 atom stereocenters. The van der Waals surface area contributed by atoms with Gasteiger partial charge < -0.3 is 15.3 Å². The smallest absolute Gasteiger partial charge is 0.171 e. The van der Waals surface area contributed by atoms with Gasteiger partial charge in [-0.1, -0.05) is 47.6 Å². The number of phenolic OH excluding ortho intramolecular Hbond substituents is 1. The van der Waals surface area contributed by atoms with E-state index in [2.05, 4.69) is 0 Å². The molecule has 3 heteroatoms. The second kappa shape index (κ2) is 5.58. The Morgan fingerprint density at radius 2 is 1.30 bits per heavy atom. The Morgan fingerprint density at radius 3 is 1.60 bits per heavy atom. The molecule has 3 nitrogen and oxygen atoms in total. The molecule has 0 radical (unpaired) electrons. The van der Waals surface area contributed by atoms with Crippen LogP contribution in [0.2, 0.25) is 0 Å². The van der Waals surface area contributed by atoms with Crippen LogP contribution in [0.3, 0.4) is 0 Å². The van der Waals surface area contributed by atoms with Crippen molar-refractivity contribution in [2.45, 2.75) is 58.7 Å². The van der Waals surface area contributed by atoms with Gasteiger partial charge >= 0.3 is 0 Å². The fourth-order valence-electron chi connectivity index (χ4n) is 2.09. The van der Waals surface area contributed by atoms with Crippen LogP contribution >= 0.6 is 0 Å². The second-order valence-electron chi connectivity index (χ2n) is 7.24. The van der Waals surface area contributed by atoms with Gasteiger partial charge in [-0.2, -0.15) is 0 Å². The van der Waals surface area contributed by atoms with E-state index in [0.29, 0.717) is 5.75 Å². The normalized spacial score (nSPS) is 13.4. The maximum Gasteiger partial charge on any atom is 0.171 e. The van der Waals surface area contributed by atoms with Crippen molar-refractivity contribution in [1.29, 1.82) is 0 Å². The summed E-state index contributed by atoms with van der Waals surface area (Å²) in [5.74, 6) is 0.326. The molecule has 1 aromatic carbocycles. The van der Waals surface area contributed by atoms with Crippen molar-refractivity contribution < 1.29 is 15.3 Å². The minimum absolute atomic E-state index is 0.189. The first kappa shape index (κ1) is 16.7. The van der Waals surface area contributed by atoms with Gasteiger partial charge in [0.25, 0.3) is 0 Å². The molecule has 0 bridgehead atoms. The molecule has 0 amide bonds. The van der Waals surface area contributed by atoms with Crippen molar-refractivity contribution in [3.63, 3.8) is 0 Å². The Hall–Kier alpha value is -1.32. The number of aliphatic hydroxyl groups excluding tert-OH is 1. The summed E-state index contributed by atoms with van der Waals surface area (Å²) in [6, 6.07) is 3.78. The van der Waals surface area contributed by atoms with Gasteiger partial charge in [0.1, 0.15) is 5.75 Å². The highest BCUT2D eigenvalue weighted by atomic mass is 16.5. The highest BCUT2D eigenvalue weighted by Crippen LogP contribution is 2.39. The SMILES string of the molecule is CC(C)(C)c1cc(C=CC(O)O)cc(C(C)(C)C)c1O. The maximum atomic E-state index is 10.5. The van der Waals surface area contributed by atoms with Crippen molar-refractivity contribution >= 4 is 6.08 Å². The molecule has 0 aliphatic carbocycles. The molecule has 1 aromatic rings. The van der Waals surface area contributed by atoms with E-state index >= 15 is 0 Å². The summed E-state index contributed by atoms with van der Waals surface area (Å²) >= 11 is 0. The lowest BCUT2D eigenvalue weighted by Crippen LogP contribution is -2.17. The number of hydrogen-bond donors (Lipinski definition) is 3. The fraction of sp³-hybridized carbons (Fsp3) is 0.529. The Kier molecular flexibility index (Phi) is 4.67. The van der Waals surface area contributed by atoms with Crippen molar-refractivity contribution in [3.8, 4) is 5.75 Å². The molecule has 0 unspecified atom stereocenters. The molecule has 0 fully saturated rings. The Morgan fingerprint density at radius 1 is 0.900 bits per heavy atom. The molecule has 0 heterocycles. The third kappa shape index (κ3) is 4.09. The summed E-state index contributed by atoms with van der Waals surface area (Å²) in [5.41, 5.74) is 2.19. The third-order valence-electron chi connectivity index (χ3n) is 3.21. The van der Waals surface area contributed by atoms with Crippen LogP contribution in [0.4, 0.5) is 0 Å². The fourth-order valence-corrected chi connectivity index (χ4v) is 2.09. The second-order valence-corrected chi connectivity index (χ2v) is 7.24. The van der Waals surface area contributed by atoms with Crippen molar-refractivity contribution in [3.05, 3.63) is 34.9 Å². The first-order valence-electron chi connectivity index (χ1n) is 6.85. The quantitative estimate of drug-likeness (QED) is 0.727. The number of rotatable bonds is 2. The van der Waals surface area contributed by atoms with E-state index in [1.807, 2.05) is 53.7 Å². The molecule has 0 aliphatic rings. The predicted octanol–water partition coefficient (Wildman–Crippen LogP) is 3.31. The van der Waals surface area contributed by atoms with E-state index in [-0.39, 0.29) is 10.8 Å². The van der Waals surface area contributed by atoms with E-state index in [1.54, 1.807) is 6.08 Å². The number of phenols is 1. The Labute approximate surface area is 121 Å². The van der Waals surface area contributed by atoms with Crippen LogP contribution in [0.1, 0.15) is 58.2 Å².